The Labute approximate surface area is 118 Å². The molecule has 2 aromatic rings. The van der Waals surface area contributed by atoms with Crippen molar-refractivity contribution in [3.05, 3.63) is 29.8 Å². The Bertz CT molecular complexity index is 627. The predicted octanol–water partition coefficient (Wildman–Crippen LogP) is 2.93. The lowest BCUT2D eigenvalue weighted by Crippen LogP contribution is -2.21. The molecule has 106 valence electrons. The van der Waals surface area contributed by atoms with Gasteiger partial charge in [-0.1, -0.05) is 13.3 Å². The Balaban J connectivity index is 2.31. The van der Waals surface area contributed by atoms with Crippen LogP contribution in [0, 0.1) is 17.1 Å². The molecule has 0 spiro atoms. The van der Waals surface area contributed by atoms with E-state index < -0.39 is 0 Å². The summed E-state index contributed by atoms with van der Waals surface area (Å²) in [6, 6.07) is 6.65. The summed E-state index contributed by atoms with van der Waals surface area (Å²) in [5.74, 6) is 0.510. The molecule has 0 aliphatic heterocycles. The van der Waals surface area contributed by atoms with Crippen LogP contribution in [0.15, 0.2) is 18.2 Å². The van der Waals surface area contributed by atoms with Crippen LogP contribution in [0.1, 0.15) is 25.6 Å². The summed E-state index contributed by atoms with van der Waals surface area (Å²) in [6.07, 6.45) is 2.27. The first-order valence-electron chi connectivity index (χ1n) is 6.86. The minimum Gasteiger partial charge on any atom is -0.313 e. The molecule has 0 radical (unpaired) electrons. The maximum absolute atomic E-state index is 13.3. The van der Waals surface area contributed by atoms with Crippen molar-refractivity contribution in [1.29, 1.82) is 5.26 Å². The van der Waals surface area contributed by atoms with E-state index in [0.29, 0.717) is 12.1 Å². The fourth-order valence-corrected chi connectivity index (χ4v) is 2.27. The highest BCUT2D eigenvalue weighted by Gasteiger charge is 2.12. The van der Waals surface area contributed by atoms with Crippen LogP contribution in [0.25, 0.3) is 11.0 Å². The number of aromatic nitrogens is 2. The standard InChI is InChI=1S/C15H19FN4/c1-3-4-8-19(2)11-15-18-13-10-12(16)5-6-14(13)20(15)9-7-17/h5-6,10H,3-4,8-9,11H2,1-2H3. The van der Waals surface area contributed by atoms with E-state index in [-0.39, 0.29) is 12.4 Å². The maximum Gasteiger partial charge on any atom is 0.125 e. The molecule has 1 aromatic heterocycles. The quantitative estimate of drug-likeness (QED) is 0.813. The van der Waals surface area contributed by atoms with Crippen molar-refractivity contribution in [1.82, 2.24) is 14.5 Å². The molecule has 1 aromatic carbocycles. The summed E-state index contributed by atoms with van der Waals surface area (Å²) in [6.45, 7) is 4.04. The number of nitrogens with zero attached hydrogens (tertiary/aromatic N) is 4. The molecule has 5 heteroatoms. The van der Waals surface area contributed by atoms with Gasteiger partial charge in [-0.25, -0.2) is 9.37 Å². The van der Waals surface area contributed by atoms with E-state index in [4.69, 9.17) is 5.26 Å². The SMILES string of the molecule is CCCCN(C)Cc1nc2cc(F)ccc2n1CC#N. The molecule has 0 aliphatic rings. The molecule has 0 unspecified atom stereocenters. The second kappa shape index (κ2) is 6.49. The summed E-state index contributed by atoms with van der Waals surface area (Å²) in [7, 11) is 2.03. The van der Waals surface area contributed by atoms with Gasteiger partial charge in [-0.05, 0) is 32.1 Å². The average molecular weight is 274 g/mol. The topological polar surface area (TPSA) is 44.9 Å². The molecule has 1 heterocycles. The highest BCUT2D eigenvalue weighted by Crippen LogP contribution is 2.18. The molecule has 0 fully saturated rings. The van der Waals surface area contributed by atoms with Gasteiger partial charge < -0.3 is 4.57 Å². The van der Waals surface area contributed by atoms with Gasteiger partial charge in [0.1, 0.15) is 18.2 Å². The summed E-state index contributed by atoms with van der Waals surface area (Å²) in [5, 5.41) is 8.97. The van der Waals surface area contributed by atoms with Gasteiger partial charge >= 0.3 is 0 Å². The van der Waals surface area contributed by atoms with Crippen molar-refractivity contribution in [3.8, 4) is 6.07 Å². The number of fused-ring (bicyclic) bond motifs is 1. The molecule has 4 nitrogen and oxygen atoms in total. The molecule has 0 amide bonds. The largest absolute Gasteiger partial charge is 0.313 e. The van der Waals surface area contributed by atoms with Crippen molar-refractivity contribution in [2.24, 2.45) is 0 Å². The van der Waals surface area contributed by atoms with Gasteiger partial charge in [-0.15, -0.1) is 0 Å². The minimum absolute atomic E-state index is 0.235. The van der Waals surface area contributed by atoms with Gasteiger partial charge in [-0.2, -0.15) is 5.26 Å². The molecular formula is C15H19FN4. The molecule has 0 N–H and O–H groups in total. The van der Waals surface area contributed by atoms with E-state index in [1.54, 1.807) is 6.07 Å². The normalized spacial score (nSPS) is 11.2. The van der Waals surface area contributed by atoms with Crippen molar-refractivity contribution in [3.63, 3.8) is 0 Å². The average Bonchev–Trinajstić information content (AvgIpc) is 2.74. The van der Waals surface area contributed by atoms with Crippen LogP contribution in [0.2, 0.25) is 0 Å². The second-order valence-corrected chi connectivity index (χ2v) is 5.00. The lowest BCUT2D eigenvalue weighted by Gasteiger charge is -2.16. The van der Waals surface area contributed by atoms with Gasteiger partial charge in [0.25, 0.3) is 0 Å². The Morgan fingerprint density at radius 3 is 2.95 bits per heavy atom. The Kier molecular flexibility index (Phi) is 4.70. The number of nitriles is 1. The van der Waals surface area contributed by atoms with Crippen LogP contribution in [-0.2, 0) is 13.1 Å². The zero-order valence-corrected chi connectivity index (χ0v) is 11.9. The lowest BCUT2D eigenvalue weighted by molar-refractivity contribution is 0.309. The van der Waals surface area contributed by atoms with Crippen LogP contribution in [0.4, 0.5) is 4.39 Å². The zero-order chi connectivity index (χ0) is 14.5. The van der Waals surface area contributed by atoms with Crippen LogP contribution in [-0.4, -0.2) is 28.0 Å². The third-order valence-corrected chi connectivity index (χ3v) is 3.32. The van der Waals surface area contributed by atoms with Gasteiger partial charge in [0.15, 0.2) is 0 Å². The van der Waals surface area contributed by atoms with Crippen molar-refractivity contribution < 1.29 is 4.39 Å². The Morgan fingerprint density at radius 1 is 1.45 bits per heavy atom. The number of hydrogen-bond acceptors (Lipinski definition) is 3. The van der Waals surface area contributed by atoms with E-state index in [0.717, 1.165) is 30.7 Å². The smallest absolute Gasteiger partial charge is 0.125 e. The van der Waals surface area contributed by atoms with Crippen molar-refractivity contribution in [2.45, 2.75) is 32.9 Å². The van der Waals surface area contributed by atoms with Gasteiger partial charge in [-0.3, -0.25) is 4.90 Å². The number of hydrogen-bond donors (Lipinski definition) is 0. The van der Waals surface area contributed by atoms with E-state index >= 15 is 0 Å². The summed E-state index contributed by atoms with van der Waals surface area (Å²) in [4.78, 5) is 6.65. The third-order valence-electron chi connectivity index (χ3n) is 3.32. The molecule has 2 rings (SSSR count). The molecule has 20 heavy (non-hydrogen) atoms. The molecular weight excluding hydrogens is 255 g/mol. The Morgan fingerprint density at radius 2 is 2.25 bits per heavy atom. The van der Waals surface area contributed by atoms with Crippen LogP contribution < -0.4 is 0 Å². The minimum atomic E-state index is -0.301. The summed E-state index contributed by atoms with van der Waals surface area (Å²) in [5.41, 5.74) is 1.42. The van der Waals surface area contributed by atoms with E-state index in [9.17, 15) is 4.39 Å². The number of benzene rings is 1. The number of unbranched alkanes of at least 4 members (excludes halogenated alkanes) is 1. The maximum atomic E-state index is 13.3. The fourth-order valence-electron chi connectivity index (χ4n) is 2.27. The van der Waals surface area contributed by atoms with Crippen molar-refractivity contribution in [2.75, 3.05) is 13.6 Å². The van der Waals surface area contributed by atoms with Crippen LogP contribution >= 0.6 is 0 Å². The van der Waals surface area contributed by atoms with Gasteiger partial charge in [0.2, 0.25) is 0 Å². The van der Waals surface area contributed by atoms with Gasteiger partial charge in [0, 0.05) is 6.07 Å². The lowest BCUT2D eigenvalue weighted by atomic mass is 10.3. The van der Waals surface area contributed by atoms with Crippen molar-refractivity contribution >= 4 is 11.0 Å². The molecule has 0 saturated heterocycles. The molecule has 0 atom stereocenters. The number of imidazole rings is 1. The van der Waals surface area contributed by atoms with Crippen LogP contribution in [0.3, 0.4) is 0 Å². The fraction of sp³-hybridized carbons (Fsp3) is 0.467. The number of rotatable bonds is 6. The first-order chi connectivity index (χ1) is 9.65. The summed E-state index contributed by atoms with van der Waals surface area (Å²) >= 11 is 0. The molecule has 0 aliphatic carbocycles. The monoisotopic (exact) mass is 274 g/mol. The first-order valence-corrected chi connectivity index (χ1v) is 6.86. The molecule has 0 saturated carbocycles. The van der Waals surface area contributed by atoms with E-state index in [2.05, 4.69) is 22.9 Å². The van der Waals surface area contributed by atoms with Gasteiger partial charge in [0.05, 0.1) is 23.6 Å². The third kappa shape index (κ3) is 3.14. The highest BCUT2D eigenvalue weighted by molar-refractivity contribution is 5.76. The highest BCUT2D eigenvalue weighted by atomic mass is 19.1. The first kappa shape index (κ1) is 14.5. The second-order valence-electron chi connectivity index (χ2n) is 5.00. The van der Waals surface area contributed by atoms with E-state index in [1.807, 2.05) is 11.6 Å². The summed E-state index contributed by atoms with van der Waals surface area (Å²) < 4.78 is 15.1. The van der Waals surface area contributed by atoms with E-state index in [1.165, 1.54) is 12.1 Å². The predicted molar refractivity (Wildman–Crippen MR) is 76.5 cm³/mol. The Hall–Kier alpha value is -1.93. The van der Waals surface area contributed by atoms with Crippen LogP contribution in [0.5, 0.6) is 0 Å². The zero-order valence-electron chi connectivity index (χ0n) is 11.9. The molecule has 0 bridgehead atoms. The number of halogens is 1.